The summed E-state index contributed by atoms with van der Waals surface area (Å²) in [5.74, 6) is 0.337. The van der Waals surface area contributed by atoms with Crippen LogP contribution in [0.25, 0.3) is 0 Å². The molecule has 2 aliphatic rings. The van der Waals surface area contributed by atoms with Crippen LogP contribution in [0.3, 0.4) is 0 Å². The second-order valence-electron chi connectivity index (χ2n) is 7.62. The van der Waals surface area contributed by atoms with E-state index >= 15 is 0 Å². The lowest BCUT2D eigenvalue weighted by Gasteiger charge is -2.13. The average molecular weight is 386 g/mol. The Balaban J connectivity index is 1.31. The predicted molar refractivity (Wildman–Crippen MR) is 112 cm³/mol. The zero-order chi connectivity index (χ0) is 19.8. The average Bonchev–Trinajstić information content (AvgIpc) is 3.33. The third-order valence-electron chi connectivity index (χ3n) is 5.46. The van der Waals surface area contributed by atoms with E-state index in [2.05, 4.69) is 27.8 Å². The maximum absolute atomic E-state index is 12.8. The van der Waals surface area contributed by atoms with Gasteiger partial charge in [0.2, 0.25) is 0 Å². The van der Waals surface area contributed by atoms with Crippen LogP contribution in [0.2, 0.25) is 0 Å². The molecule has 0 radical (unpaired) electrons. The molecule has 1 aliphatic carbocycles. The number of nitrogens with zero attached hydrogens (tertiary/aromatic N) is 1. The van der Waals surface area contributed by atoms with Gasteiger partial charge in [0.25, 0.3) is 5.91 Å². The second kappa shape index (κ2) is 7.22. The fraction of sp³-hybridized carbons (Fsp3) is 0.217. The number of fused-ring (bicyclic) bond motifs is 2. The first-order chi connectivity index (χ1) is 14.1. The van der Waals surface area contributed by atoms with E-state index < -0.39 is 0 Å². The minimum atomic E-state index is -0.208. The standard InChI is InChI=1S/C23H22N4O2/c24-18-10-21(23(28)26-20-7-14-3-1-2-4-15(14)8-20)27-22(11-18)25-19-6-5-16-12-29-13-17(16)9-19/h1-6,9-11,20H,7-8,12-13H2,(H,26,28)(H3,24,25,27). The normalized spacial score (nSPS) is 15.0. The van der Waals surface area contributed by atoms with Crippen molar-refractivity contribution in [1.29, 1.82) is 0 Å². The molecular weight excluding hydrogens is 364 g/mol. The van der Waals surface area contributed by atoms with Crippen LogP contribution in [0, 0.1) is 0 Å². The van der Waals surface area contributed by atoms with E-state index in [-0.39, 0.29) is 11.9 Å². The lowest BCUT2D eigenvalue weighted by Crippen LogP contribution is -2.35. The van der Waals surface area contributed by atoms with Crippen molar-refractivity contribution in [3.8, 4) is 0 Å². The lowest BCUT2D eigenvalue weighted by molar-refractivity contribution is 0.0933. The van der Waals surface area contributed by atoms with Crippen LogP contribution in [0.1, 0.15) is 32.7 Å². The Morgan fingerprint density at radius 3 is 2.52 bits per heavy atom. The Hall–Kier alpha value is -3.38. The van der Waals surface area contributed by atoms with Crippen LogP contribution in [-0.2, 0) is 30.8 Å². The van der Waals surface area contributed by atoms with Gasteiger partial charge in [-0.15, -0.1) is 0 Å². The number of ether oxygens (including phenoxy) is 1. The van der Waals surface area contributed by atoms with Gasteiger partial charge in [-0.25, -0.2) is 4.98 Å². The van der Waals surface area contributed by atoms with E-state index in [4.69, 9.17) is 10.5 Å². The van der Waals surface area contributed by atoms with E-state index in [1.165, 1.54) is 16.7 Å². The fourth-order valence-electron chi connectivity index (χ4n) is 4.05. The number of pyridine rings is 1. The van der Waals surface area contributed by atoms with E-state index in [1.807, 2.05) is 30.3 Å². The third kappa shape index (κ3) is 3.67. The highest BCUT2D eigenvalue weighted by Gasteiger charge is 2.23. The molecule has 146 valence electrons. The van der Waals surface area contributed by atoms with Crippen molar-refractivity contribution in [1.82, 2.24) is 10.3 Å². The highest BCUT2D eigenvalue weighted by atomic mass is 16.5. The van der Waals surface area contributed by atoms with Gasteiger partial charge >= 0.3 is 0 Å². The van der Waals surface area contributed by atoms with Gasteiger partial charge in [-0.1, -0.05) is 30.3 Å². The van der Waals surface area contributed by atoms with Gasteiger partial charge in [-0.05, 0) is 53.3 Å². The Labute approximate surface area is 169 Å². The molecule has 2 heterocycles. The number of nitrogen functional groups attached to an aromatic ring is 1. The molecule has 0 unspecified atom stereocenters. The maximum Gasteiger partial charge on any atom is 0.270 e. The molecule has 3 aromatic rings. The van der Waals surface area contributed by atoms with Gasteiger partial charge in [-0.3, -0.25) is 4.79 Å². The van der Waals surface area contributed by atoms with Gasteiger partial charge < -0.3 is 21.1 Å². The Morgan fingerprint density at radius 1 is 0.966 bits per heavy atom. The van der Waals surface area contributed by atoms with Crippen molar-refractivity contribution in [2.75, 3.05) is 11.1 Å². The number of amides is 1. The van der Waals surface area contributed by atoms with E-state index in [0.29, 0.717) is 30.4 Å². The van der Waals surface area contributed by atoms with Crippen LogP contribution in [0.4, 0.5) is 17.2 Å². The largest absolute Gasteiger partial charge is 0.399 e. The first kappa shape index (κ1) is 17.7. The summed E-state index contributed by atoms with van der Waals surface area (Å²) >= 11 is 0. The molecule has 6 nitrogen and oxygen atoms in total. The molecule has 6 heteroatoms. The molecule has 0 bridgehead atoms. The molecule has 1 amide bonds. The Morgan fingerprint density at radius 2 is 1.72 bits per heavy atom. The third-order valence-corrected chi connectivity index (χ3v) is 5.46. The topological polar surface area (TPSA) is 89.3 Å². The van der Waals surface area contributed by atoms with Crippen molar-refractivity contribution in [2.24, 2.45) is 0 Å². The summed E-state index contributed by atoms with van der Waals surface area (Å²) in [6, 6.07) is 17.8. The predicted octanol–water partition coefficient (Wildman–Crippen LogP) is 3.33. The fourth-order valence-corrected chi connectivity index (χ4v) is 4.05. The van der Waals surface area contributed by atoms with Crippen LogP contribution < -0.4 is 16.4 Å². The van der Waals surface area contributed by atoms with Gasteiger partial charge in [0.05, 0.1) is 13.2 Å². The summed E-state index contributed by atoms with van der Waals surface area (Å²) in [4.78, 5) is 17.3. The SMILES string of the molecule is Nc1cc(Nc2ccc3c(c2)COC3)nc(C(=O)NC2Cc3ccccc3C2)c1. The number of carbonyl (C=O) groups excluding carboxylic acids is 1. The van der Waals surface area contributed by atoms with Gasteiger partial charge in [0.1, 0.15) is 11.5 Å². The first-order valence-corrected chi connectivity index (χ1v) is 9.76. The molecule has 2 aromatic carbocycles. The quantitative estimate of drug-likeness (QED) is 0.640. The highest BCUT2D eigenvalue weighted by Crippen LogP contribution is 2.26. The van der Waals surface area contributed by atoms with Crippen molar-refractivity contribution in [3.05, 3.63) is 82.5 Å². The molecule has 1 aliphatic heterocycles. The number of aromatic nitrogens is 1. The zero-order valence-corrected chi connectivity index (χ0v) is 15.9. The minimum Gasteiger partial charge on any atom is -0.399 e. The lowest BCUT2D eigenvalue weighted by atomic mass is 10.1. The number of nitrogens with two attached hydrogens (primary N) is 1. The summed E-state index contributed by atoms with van der Waals surface area (Å²) in [5, 5.41) is 6.34. The summed E-state index contributed by atoms with van der Waals surface area (Å²) in [7, 11) is 0. The Kier molecular flexibility index (Phi) is 4.41. The molecule has 4 N–H and O–H groups in total. The minimum absolute atomic E-state index is 0.0799. The molecule has 1 aromatic heterocycles. The summed E-state index contributed by atoms with van der Waals surface area (Å²) in [5.41, 5.74) is 12.7. The highest BCUT2D eigenvalue weighted by molar-refractivity contribution is 5.94. The smallest absolute Gasteiger partial charge is 0.270 e. The van der Waals surface area contributed by atoms with Gasteiger partial charge in [0, 0.05) is 23.5 Å². The molecule has 0 fully saturated rings. The van der Waals surface area contributed by atoms with Crippen LogP contribution >= 0.6 is 0 Å². The van der Waals surface area contributed by atoms with Crippen molar-refractivity contribution in [3.63, 3.8) is 0 Å². The summed E-state index contributed by atoms with van der Waals surface area (Å²) < 4.78 is 5.46. The summed E-state index contributed by atoms with van der Waals surface area (Å²) in [6.45, 7) is 1.27. The zero-order valence-electron chi connectivity index (χ0n) is 15.9. The number of anilines is 3. The molecular formula is C23H22N4O2. The monoisotopic (exact) mass is 386 g/mol. The first-order valence-electron chi connectivity index (χ1n) is 9.76. The Bertz CT molecular complexity index is 1070. The van der Waals surface area contributed by atoms with Crippen molar-refractivity contribution in [2.45, 2.75) is 32.1 Å². The van der Waals surface area contributed by atoms with Gasteiger partial charge in [0.15, 0.2) is 0 Å². The number of hydrogen-bond donors (Lipinski definition) is 3. The summed E-state index contributed by atoms with van der Waals surface area (Å²) in [6.07, 6.45) is 1.68. The number of nitrogens with one attached hydrogen (secondary N) is 2. The van der Waals surface area contributed by atoms with Crippen LogP contribution in [0.5, 0.6) is 0 Å². The van der Waals surface area contributed by atoms with E-state index in [9.17, 15) is 4.79 Å². The molecule has 29 heavy (non-hydrogen) atoms. The van der Waals surface area contributed by atoms with Crippen molar-refractivity contribution >= 4 is 23.1 Å². The maximum atomic E-state index is 12.8. The molecule has 0 spiro atoms. The van der Waals surface area contributed by atoms with E-state index in [0.717, 1.165) is 24.1 Å². The van der Waals surface area contributed by atoms with E-state index in [1.54, 1.807) is 12.1 Å². The van der Waals surface area contributed by atoms with Gasteiger partial charge in [-0.2, -0.15) is 0 Å². The van der Waals surface area contributed by atoms with Crippen LogP contribution in [0.15, 0.2) is 54.6 Å². The molecule has 0 atom stereocenters. The molecule has 0 saturated heterocycles. The second-order valence-corrected chi connectivity index (χ2v) is 7.62. The van der Waals surface area contributed by atoms with Crippen molar-refractivity contribution < 1.29 is 9.53 Å². The number of benzene rings is 2. The number of carbonyl (C=O) groups is 1. The number of rotatable bonds is 4. The molecule has 5 rings (SSSR count). The van der Waals surface area contributed by atoms with Crippen LogP contribution in [-0.4, -0.2) is 16.9 Å². The molecule has 0 saturated carbocycles. The number of hydrogen-bond acceptors (Lipinski definition) is 5.